The number of benzene rings is 3. The van der Waals surface area contributed by atoms with E-state index >= 15 is 0 Å². The van der Waals surface area contributed by atoms with Crippen LogP contribution in [0.15, 0.2) is 48.5 Å². The lowest BCUT2D eigenvalue weighted by Crippen LogP contribution is -2.72. The Hall–Kier alpha value is -3.09. The Morgan fingerprint density at radius 3 is 2.43 bits per heavy atom. The average Bonchev–Trinajstić information content (AvgIpc) is 3.54. The van der Waals surface area contributed by atoms with Gasteiger partial charge in [-0.25, -0.2) is 14.8 Å². The van der Waals surface area contributed by atoms with Crippen LogP contribution >= 0.6 is 22.9 Å². The van der Waals surface area contributed by atoms with Gasteiger partial charge in [-0.2, -0.15) is 0 Å². The first-order valence-corrected chi connectivity index (χ1v) is 17.5. The van der Waals surface area contributed by atoms with E-state index in [2.05, 4.69) is 45.5 Å². The Bertz CT molecular complexity index is 1860. The van der Waals surface area contributed by atoms with Crippen molar-refractivity contribution in [1.29, 1.82) is 0 Å². The van der Waals surface area contributed by atoms with Crippen LogP contribution in [0.3, 0.4) is 0 Å². The number of aromatic nitrogens is 1. The zero-order valence-corrected chi connectivity index (χ0v) is 28.9. The third-order valence-corrected chi connectivity index (χ3v) is 11.3. The highest BCUT2D eigenvalue weighted by Crippen LogP contribution is 2.49. The Morgan fingerprint density at radius 1 is 1.09 bits per heavy atom. The van der Waals surface area contributed by atoms with Gasteiger partial charge in [-0.1, -0.05) is 23.7 Å². The van der Waals surface area contributed by atoms with E-state index in [9.17, 15) is 9.90 Å². The van der Waals surface area contributed by atoms with Gasteiger partial charge in [0.2, 0.25) is 0 Å². The Morgan fingerprint density at radius 2 is 1.79 bits per heavy atom. The third kappa shape index (κ3) is 5.44. The molecule has 6 heterocycles. The van der Waals surface area contributed by atoms with Gasteiger partial charge in [0.1, 0.15) is 11.2 Å². The Balaban J connectivity index is 1.20. The topological polar surface area (TPSA) is 90.4 Å². The van der Waals surface area contributed by atoms with Crippen molar-refractivity contribution in [3.8, 4) is 21.7 Å². The fourth-order valence-electron chi connectivity index (χ4n) is 7.80. The molecule has 246 valence electrons. The maximum Gasteiger partial charge on any atom is 0.337 e. The summed E-state index contributed by atoms with van der Waals surface area (Å²) in [5.41, 5.74) is 10.4. The predicted molar refractivity (Wildman–Crippen MR) is 186 cm³/mol. The average molecular weight is 674 g/mol. The van der Waals surface area contributed by atoms with Gasteiger partial charge in [0.15, 0.2) is 6.10 Å². The molecule has 0 saturated carbocycles. The van der Waals surface area contributed by atoms with E-state index in [-0.39, 0.29) is 6.17 Å². The lowest BCUT2D eigenvalue weighted by Gasteiger charge is -2.61. The Labute approximate surface area is 284 Å². The number of carboxylic acids is 1. The summed E-state index contributed by atoms with van der Waals surface area (Å²) in [5, 5.41) is 14.2. The molecule has 9 rings (SSSR count). The van der Waals surface area contributed by atoms with E-state index in [0.717, 1.165) is 69.5 Å². The molecule has 0 spiro atoms. The van der Waals surface area contributed by atoms with Crippen molar-refractivity contribution < 1.29 is 19.4 Å². The molecule has 4 atom stereocenters. The van der Waals surface area contributed by atoms with Crippen molar-refractivity contribution in [2.45, 2.75) is 70.1 Å². The highest BCUT2D eigenvalue weighted by Gasteiger charge is 2.52. The molecule has 5 aliphatic heterocycles. The number of hydrogen-bond acceptors (Lipinski definition) is 9. The molecule has 0 aliphatic carbocycles. The highest BCUT2D eigenvalue weighted by atomic mass is 35.5. The number of piperidine rings is 1. The molecule has 4 aromatic rings. The van der Waals surface area contributed by atoms with Gasteiger partial charge in [-0.05, 0) is 81.6 Å². The highest BCUT2D eigenvalue weighted by molar-refractivity contribution is 7.22. The van der Waals surface area contributed by atoms with Gasteiger partial charge in [0.25, 0.3) is 0 Å². The van der Waals surface area contributed by atoms with Crippen LogP contribution in [0, 0.1) is 6.92 Å². The van der Waals surface area contributed by atoms with Crippen molar-refractivity contribution >= 4 is 44.8 Å². The van der Waals surface area contributed by atoms with Crippen molar-refractivity contribution in [2.75, 3.05) is 38.8 Å². The molecule has 3 unspecified atom stereocenters. The lowest BCUT2D eigenvalue weighted by molar-refractivity contribution is -0.163. The molecule has 1 aromatic heterocycles. The van der Waals surface area contributed by atoms with Crippen LogP contribution in [0.1, 0.15) is 56.2 Å². The van der Waals surface area contributed by atoms with Gasteiger partial charge < -0.3 is 20.0 Å². The van der Waals surface area contributed by atoms with E-state index in [1.165, 1.54) is 12.0 Å². The van der Waals surface area contributed by atoms with E-state index < -0.39 is 17.7 Å². The number of anilines is 1. The van der Waals surface area contributed by atoms with Crippen LogP contribution in [0.5, 0.6) is 0 Å². The summed E-state index contributed by atoms with van der Waals surface area (Å²) in [6, 6.07) is 17.8. The molecule has 0 amide bonds. The molecule has 47 heavy (non-hydrogen) atoms. The molecule has 11 heteroatoms. The number of ether oxygens (including phenoxy) is 2. The fraction of sp³-hybridized carbons (Fsp3) is 0.444. The summed E-state index contributed by atoms with van der Waals surface area (Å²) in [7, 11) is 2.13. The van der Waals surface area contributed by atoms with Crippen molar-refractivity contribution in [3.63, 3.8) is 0 Å². The molecule has 3 aromatic carbocycles. The smallest absolute Gasteiger partial charge is 0.337 e. The number of thiazole rings is 1. The summed E-state index contributed by atoms with van der Waals surface area (Å²) in [5.74, 6) is -1.02. The number of aliphatic carboxylic acids is 1. The predicted octanol–water partition coefficient (Wildman–Crippen LogP) is 6.96. The van der Waals surface area contributed by atoms with Crippen LogP contribution < -0.4 is 5.43 Å². The number of nitrogens with zero attached hydrogens (tertiary/aromatic N) is 4. The minimum atomic E-state index is -1.15. The number of rotatable bonds is 7. The first-order valence-electron chi connectivity index (χ1n) is 16.3. The van der Waals surface area contributed by atoms with Gasteiger partial charge in [-0.3, -0.25) is 9.80 Å². The van der Waals surface area contributed by atoms with E-state index in [1.807, 2.05) is 58.0 Å². The van der Waals surface area contributed by atoms with E-state index in [4.69, 9.17) is 26.1 Å². The number of hydrazine groups is 1. The summed E-state index contributed by atoms with van der Waals surface area (Å²) in [6.45, 7) is 11.5. The number of aryl methyl sites for hydroxylation is 1. The van der Waals surface area contributed by atoms with Gasteiger partial charge >= 0.3 is 5.97 Å². The minimum absolute atomic E-state index is 0.146. The second-order valence-electron chi connectivity index (χ2n) is 14.3. The van der Waals surface area contributed by atoms with Crippen molar-refractivity contribution in [3.05, 3.63) is 70.2 Å². The number of hydrogen-bond donors (Lipinski definition) is 2. The fourth-order valence-corrected chi connectivity index (χ4v) is 9.04. The number of fused-ring (bicyclic) bond motifs is 4. The summed E-state index contributed by atoms with van der Waals surface area (Å²) < 4.78 is 12.6. The molecule has 5 aliphatic rings. The monoisotopic (exact) mass is 673 g/mol. The Kier molecular flexibility index (Phi) is 7.64. The summed E-state index contributed by atoms with van der Waals surface area (Å²) in [6.07, 6.45) is 0.237. The van der Waals surface area contributed by atoms with Gasteiger partial charge in [0, 0.05) is 59.5 Å². The molecule has 2 bridgehead atoms. The number of nitrogens with one attached hydrogen (secondary N) is 1. The quantitative estimate of drug-likeness (QED) is 0.216. The third-order valence-electron chi connectivity index (χ3n) is 9.96. The number of carbonyl (C=O) groups is 1. The largest absolute Gasteiger partial charge is 0.479 e. The molecule has 2 N–H and O–H groups in total. The van der Waals surface area contributed by atoms with Gasteiger partial charge in [0.05, 0.1) is 40.8 Å². The normalized spacial score (nSPS) is 24.1. The molecule has 0 radical (unpaired) electrons. The number of carboxylic acid groups (broad SMARTS) is 1. The zero-order valence-electron chi connectivity index (χ0n) is 27.3. The molecular formula is C36H40ClN5O4S. The van der Waals surface area contributed by atoms with E-state index in [0.29, 0.717) is 28.7 Å². The maximum atomic E-state index is 12.7. The van der Waals surface area contributed by atoms with Gasteiger partial charge in [-0.15, -0.1) is 11.3 Å². The zero-order chi connectivity index (χ0) is 32.8. The van der Waals surface area contributed by atoms with Crippen LogP contribution in [-0.2, 0) is 14.3 Å². The van der Waals surface area contributed by atoms with Crippen molar-refractivity contribution in [1.82, 2.24) is 19.8 Å². The SMILES string of the molecule is Cc1cc2nc(-c3ccc4c(c3)C(N3C5CC3CN(C3COC3)C5)N(C)N4)sc2c(-c2ccc(Cl)cc2)c1[C@H](OC(C)(C)C)C(=O)O. The van der Waals surface area contributed by atoms with Crippen LogP contribution in [0.4, 0.5) is 5.69 Å². The maximum absolute atomic E-state index is 12.7. The van der Waals surface area contributed by atoms with E-state index in [1.54, 1.807) is 11.3 Å². The number of piperazine rings is 1. The van der Waals surface area contributed by atoms with Crippen LogP contribution in [0.25, 0.3) is 31.9 Å². The lowest BCUT2D eigenvalue weighted by atomic mass is 9.84. The summed E-state index contributed by atoms with van der Waals surface area (Å²) in [4.78, 5) is 23.2. The van der Waals surface area contributed by atoms with Crippen LogP contribution in [0.2, 0.25) is 5.02 Å². The molecule has 9 nitrogen and oxygen atoms in total. The minimum Gasteiger partial charge on any atom is -0.479 e. The van der Waals surface area contributed by atoms with Crippen LogP contribution in [-0.4, -0.2) is 87.9 Å². The second-order valence-corrected chi connectivity index (χ2v) is 15.8. The van der Waals surface area contributed by atoms with Crippen molar-refractivity contribution in [2.24, 2.45) is 0 Å². The first-order chi connectivity index (χ1) is 22.4. The molecule has 4 fully saturated rings. The number of halogens is 1. The molecule has 4 saturated heterocycles. The summed E-state index contributed by atoms with van der Waals surface area (Å²) >= 11 is 7.88. The first kappa shape index (κ1) is 31.2. The second kappa shape index (κ2) is 11.5. The molecular weight excluding hydrogens is 634 g/mol. The standard InChI is InChI=1S/C36H40ClN5O4S/c1-19-12-28-32(30(20-6-9-22(37)10-7-20)29(19)31(35(43)44)46-36(2,3)4)47-33(38-28)21-8-11-27-26(13-21)34(40(5)39-27)42-23-14-24(42)16-41(15-23)25-17-45-18-25/h6-13,23-25,31,34,39H,14-18H2,1-5H3,(H,43,44)/t23?,24?,31-,34?/m0/s1.